The molecule has 0 saturated carbocycles. The number of thiazole rings is 1. The van der Waals surface area contributed by atoms with E-state index < -0.39 is 0 Å². The molecule has 2 aromatic rings. The number of carbonyl (C=O) groups is 1. The van der Waals surface area contributed by atoms with E-state index in [0.717, 1.165) is 18.1 Å². The van der Waals surface area contributed by atoms with E-state index in [0.29, 0.717) is 10.7 Å². The number of carbonyl (C=O) groups excluding carboxylic acids is 1. The van der Waals surface area contributed by atoms with Crippen molar-refractivity contribution >= 4 is 28.2 Å². The van der Waals surface area contributed by atoms with Gasteiger partial charge < -0.3 is 5.32 Å². The van der Waals surface area contributed by atoms with Gasteiger partial charge in [-0.05, 0) is 25.0 Å². The molecule has 0 saturated heterocycles. The molecular weight excluding hydrogens is 272 g/mol. The Morgan fingerprint density at radius 1 is 1.40 bits per heavy atom. The summed E-state index contributed by atoms with van der Waals surface area (Å²) in [6.45, 7) is 6.88. The summed E-state index contributed by atoms with van der Waals surface area (Å²) < 4.78 is 0. The van der Waals surface area contributed by atoms with Crippen molar-refractivity contribution < 1.29 is 4.79 Å². The minimum atomic E-state index is -0.164. The highest BCUT2D eigenvalue weighted by atomic mass is 32.1. The quantitative estimate of drug-likeness (QED) is 0.886. The molecule has 2 N–H and O–H groups in total. The van der Waals surface area contributed by atoms with Gasteiger partial charge in [0.05, 0.1) is 0 Å². The van der Waals surface area contributed by atoms with Gasteiger partial charge in [-0.15, -0.1) is 11.3 Å². The Kier molecular flexibility index (Phi) is 4.68. The maximum absolute atomic E-state index is 12.2. The molecule has 0 bridgehead atoms. The van der Waals surface area contributed by atoms with Crippen LogP contribution in [0.4, 0.5) is 10.9 Å². The first-order chi connectivity index (χ1) is 9.60. The van der Waals surface area contributed by atoms with Gasteiger partial charge in [-0.2, -0.15) is 0 Å². The fourth-order valence-electron chi connectivity index (χ4n) is 1.70. The molecule has 0 aliphatic rings. The zero-order chi connectivity index (χ0) is 14.5. The molecule has 0 atom stereocenters. The van der Waals surface area contributed by atoms with E-state index in [4.69, 9.17) is 0 Å². The van der Waals surface area contributed by atoms with Crippen LogP contribution in [0, 0.1) is 0 Å². The van der Waals surface area contributed by atoms with Gasteiger partial charge >= 0.3 is 0 Å². The molecule has 0 aromatic carbocycles. The van der Waals surface area contributed by atoms with Crippen LogP contribution in [0.25, 0.3) is 0 Å². The van der Waals surface area contributed by atoms with E-state index in [2.05, 4.69) is 34.4 Å². The van der Waals surface area contributed by atoms with Crippen molar-refractivity contribution in [1.82, 2.24) is 9.97 Å². The minimum Gasteiger partial charge on any atom is -0.370 e. The number of nitrogens with one attached hydrogen (secondary N) is 2. The summed E-state index contributed by atoms with van der Waals surface area (Å²) in [5.74, 6) is 0.825. The Morgan fingerprint density at radius 3 is 2.80 bits per heavy atom. The molecule has 0 radical (unpaired) electrons. The Balaban J connectivity index is 2.27. The summed E-state index contributed by atoms with van der Waals surface area (Å²) in [5.41, 5.74) is 1.49. The number of rotatable bonds is 5. The van der Waals surface area contributed by atoms with Crippen LogP contribution < -0.4 is 10.6 Å². The highest BCUT2D eigenvalue weighted by Gasteiger charge is 2.12. The maximum Gasteiger partial charge on any atom is 0.257 e. The first-order valence-corrected chi connectivity index (χ1v) is 7.44. The van der Waals surface area contributed by atoms with Crippen molar-refractivity contribution in [2.45, 2.75) is 26.7 Å². The number of nitrogens with zero attached hydrogens (tertiary/aromatic N) is 2. The van der Waals surface area contributed by atoms with Crippen LogP contribution in [0.3, 0.4) is 0 Å². The molecule has 20 heavy (non-hydrogen) atoms. The second-order valence-corrected chi connectivity index (χ2v) is 5.54. The van der Waals surface area contributed by atoms with E-state index in [1.54, 1.807) is 12.3 Å². The fourth-order valence-corrected chi connectivity index (χ4v) is 2.23. The molecule has 0 fully saturated rings. The van der Waals surface area contributed by atoms with Crippen molar-refractivity contribution in [2.24, 2.45) is 0 Å². The molecule has 5 nitrogen and oxygen atoms in total. The first kappa shape index (κ1) is 14.5. The molecule has 6 heteroatoms. The third-order valence-electron chi connectivity index (χ3n) is 2.71. The van der Waals surface area contributed by atoms with Crippen LogP contribution in [-0.4, -0.2) is 22.4 Å². The third-order valence-corrected chi connectivity index (χ3v) is 3.40. The van der Waals surface area contributed by atoms with Crippen LogP contribution in [0.1, 0.15) is 42.7 Å². The number of aromatic nitrogens is 2. The second kappa shape index (κ2) is 6.47. The zero-order valence-electron chi connectivity index (χ0n) is 11.8. The SMILES string of the molecule is CCNc1cc(C(=O)Nc2nccs2)cc(C(C)C)n1. The Labute approximate surface area is 122 Å². The van der Waals surface area contributed by atoms with Crippen LogP contribution in [-0.2, 0) is 0 Å². The number of hydrogen-bond acceptors (Lipinski definition) is 5. The summed E-state index contributed by atoms with van der Waals surface area (Å²) in [5, 5.41) is 8.36. The van der Waals surface area contributed by atoms with Gasteiger partial charge in [0.2, 0.25) is 0 Å². The van der Waals surface area contributed by atoms with Gasteiger partial charge in [0.25, 0.3) is 5.91 Å². The van der Waals surface area contributed by atoms with Crippen molar-refractivity contribution in [2.75, 3.05) is 17.2 Å². The lowest BCUT2D eigenvalue weighted by molar-refractivity contribution is 0.102. The van der Waals surface area contributed by atoms with Crippen LogP contribution in [0.5, 0.6) is 0 Å². The van der Waals surface area contributed by atoms with Crippen molar-refractivity contribution in [3.63, 3.8) is 0 Å². The molecule has 1 amide bonds. The molecule has 2 heterocycles. The Morgan fingerprint density at radius 2 is 2.20 bits per heavy atom. The van der Waals surface area contributed by atoms with Crippen molar-refractivity contribution in [1.29, 1.82) is 0 Å². The summed E-state index contributed by atoms with van der Waals surface area (Å²) in [4.78, 5) is 20.8. The summed E-state index contributed by atoms with van der Waals surface area (Å²) >= 11 is 1.40. The van der Waals surface area contributed by atoms with Crippen LogP contribution in [0.2, 0.25) is 0 Å². The fraction of sp³-hybridized carbons (Fsp3) is 0.357. The molecule has 0 aliphatic carbocycles. The van der Waals surface area contributed by atoms with E-state index in [-0.39, 0.29) is 11.8 Å². The lowest BCUT2D eigenvalue weighted by atomic mass is 10.1. The lowest BCUT2D eigenvalue weighted by Crippen LogP contribution is -2.14. The lowest BCUT2D eigenvalue weighted by Gasteiger charge is -2.11. The molecule has 2 aromatic heterocycles. The van der Waals surface area contributed by atoms with E-state index in [9.17, 15) is 4.79 Å². The third kappa shape index (κ3) is 3.54. The van der Waals surface area contributed by atoms with E-state index in [1.807, 2.05) is 18.4 Å². The molecule has 0 aliphatic heterocycles. The van der Waals surface area contributed by atoms with E-state index >= 15 is 0 Å². The average Bonchev–Trinajstić information content (AvgIpc) is 2.91. The second-order valence-electron chi connectivity index (χ2n) is 4.64. The van der Waals surface area contributed by atoms with Gasteiger partial charge in [0.1, 0.15) is 5.82 Å². The standard InChI is InChI=1S/C14H18N4OS/c1-4-15-12-8-10(7-11(17-12)9(2)3)13(19)18-14-16-5-6-20-14/h5-9H,4H2,1-3H3,(H,15,17)(H,16,18,19). The predicted octanol–water partition coefficient (Wildman–Crippen LogP) is 3.35. The Bertz CT molecular complexity index is 581. The maximum atomic E-state index is 12.2. The number of pyridine rings is 1. The van der Waals surface area contributed by atoms with Gasteiger partial charge in [0.15, 0.2) is 5.13 Å². The summed E-state index contributed by atoms with van der Waals surface area (Å²) in [7, 11) is 0. The van der Waals surface area contributed by atoms with Gasteiger partial charge in [-0.3, -0.25) is 10.1 Å². The van der Waals surface area contributed by atoms with Gasteiger partial charge in [-0.1, -0.05) is 13.8 Å². The van der Waals surface area contributed by atoms with Crippen molar-refractivity contribution in [3.8, 4) is 0 Å². The predicted molar refractivity (Wildman–Crippen MR) is 82.6 cm³/mol. The minimum absolute atomic E-state index is 0.164. The summed E-state index contributed by atoms with van der Waals surface area (Å²) in [6, 6.07) is 3.59. The topological polar surface area (TPSA) is 66.9 Å². The molecule has 0 spiro atoms. The first-order valence-electron chi connectivity index (χ1n) is 6.57. The number of hydrogen-bond donors (Lipinski definition) is 2. The zero-order valence-corrected chi connectivity index (χ0v) is 12.6. The Hall–Kier alpha value is -1.95. The molecular formula is C14H18N4OS. The molecule has 2 rings (SSSR count). The van der Waals surface area contributed by atoms with Gasteiger partial charge in [-0.25, -0.2) is 9.97 Å². The molecule has 0 unspecified atom stereocenters. The monoisotopic (exact) mass is 290 g/mol. The normalized spacial score (nSPS) is 10.6. The highest BCUT2D eigenvalue weighted by Crippen LogP contribution is 2.19. The smallest absolute Gasteiger partial charge is 0.257 e. The largest absolute Gasteiger partial charge is 0.370 e. The number of amides is 1. The average molecular weight is 290 g/mol. The molecule has 106 valence electrons. The van der Waals surface area contributed by atoms with Crippen LogP contribution >= 0.6 is 11.3 Å². The van der Waals surface area contributed by atoms with Gasteiger partial charge in [0, 0.05) is 29.4 Å². The summed E-state index contributed by atoms with van der Waals surface area (Å²) in [6.07, 6.45) is 1.66. The highest BCUT2D eigenvalue weighted by molar-refractivity contribution is 7.13. The number of anilines is 2. The van der Waals surface area contributed by atoms with E-state index in [1.165, 1.54) is 11.3 Å². The van der Waals surface area contributed by atoms with Crippen molar-refractivity contribution in [3.05, 3.63) is 35.0 Å². The van der Waals surface area contributed by atoms with Crippen LogP contribution in [0.15, 0.2) is 23.7 Å².